The van der Waals surface area contributed by atoms with Crippen LogP contribution in [-0.2, 0) is 0 Å². The van der Waals surface area contributed by atoms with E-state index < -0.39 is 6.09 Å². The lowest BCUT2D eigenvalue weighted by Gasteiger charge is -2.28. The van der Waals surface area contributed by atoms with Crippen molar-refractivity contribution in [1.82, 2.24) is 10.2 Å². The normalized spacial score (nSPS) is 24.1. The number of hydrogen-bond acceptors (Lipinski definition) is 4. The zero-order valence-electron chi connectivity index (χ0n) is 13.1. The van der Waals surface area contributed by atoms with Gasteiger partial charge in [-0.1, -0.05) is 0 Å². The molecule has 2 aliphatic heterocycles. The molecule has 0 aromatic heterocycles. The minimum Gasteiger partial charge on any atom is -0.410 e. The lowest BCUT2D eigenvalue weighted by Crippen LogP contribution is -2.39. The van der Waals surface area contributed by atoms with Crippen LogP contribution >= 0.6 is 0 Å². The van der Waals surface area contributed by atoms with E-state index >= 15 is 0 Å². The molecule has 1 aromatic carbocycles. The molecule has 0 radical (unpaired) electrons. The van der Waals surface area contributed by atoms with E-state index in [0.717, 1.165) is 13.0 Å². The smallest absolute Gasteiger partial charge is 0.410 e. The lowest BCUT2D eigenvalue weighted by molar-refractivity contribution is 0.197. The Balaban J connectivity index is 0.00000176. The van der Waals surface area contributed by atoms with Gasteiger partial charge in [0.1, 0.15) is 5.75 Å². The van der Waals surface area contributed by atoms with Crippen molar-refractivity contribution in [2.45, 2.75) is 38.4 Å². The van der Waals surface area contributed by atoms with E-state index in [1.54, 1.807) is 0 Å². The molecule has 2 unspecified atom stereocenters. The third-order valence-electron chi connectivity index (χ3n) is 4.40. The van der Waals surface area contributed by atoms with Crippen LogP contribution in [0.1, 0.15) is 33.2 Å². The molecule has 2 atom stereocenters. The highest BCUT2D eigenvalue weighted by Gasteiger charge is 2.43. The Kier molecular flexibility index (Phi) is 3.53. The highest BCUT2D eigenvalue weighted by atomic mass is 16.6. The predicted molar refractivity (Wildman–Crippen MR) is 85.0 cm³/mol. The minimum absolute atomic E-state index is 0. The molecule has 1 aromatic rings. The molecular formula is C16H25N3O2. The number of anilines is 1. The molecule has 5 nitrogen and oxygen atoms in total. The monoisotopic (exact) mass is 291 g/mol. The number of carbonyl (C=O) groups is 1. The SMILES string of the molecule is CC(C)NC(=O)Oc1ccc2c(c1)C1CCN(C)C1N2C.[HH]. The van der Waals surface area contributed by atoms with Gasteiger partial charge >= 0.3 is 6.09 Å². The largest absolute Gasteiger partial charge is 0.412 e. The molecule has 3 rings (SSSR count). The van der Waals surface area contributed by atoms with Gasteiger partial charge in [0.25, 0.3) is 0 Å². The second-order valence-electron chi connectivity index (χ2n) is 6.31. The molecular weight excluding hydrogens is 266 g/mol. The molecule has 2 heterocycles. The lowest BCUT2D eigenvalue weighted by atomic mass is 9.98. The number of carbonyl (C=O) groups excluding carboxylic acids is 1. The molecule has 1 fully saturated rings. The number of nitrogens with zero attached hydrogens (tertiary/aromatic N) is 2. The minimum atomic E-state index is -0.392. The summed E-state index contributed by atoms with van der Waals surface area (Å²) < 4.78 is 5.38. The number of amides is 1. The summed E-state index contributed by atoms with van der Waals surface area (Å²) in [5.41, 5.74) is 2.54. The van der Waals surface area contributed by atoms with Gasteiger partial charge in [-0.2, -0.15) is 0 Å². The zero-order chi connectivity index (χ0) is 15.1. The zero-order valence-corrected chi connectivity index (χ0v) is 13.1. The molecule has 1 saturated heterocycles. The Morgan fingerprint density at radius 1 is 1.43 bits per heavy atom. The molecule has 0 spiro atoms. The molecule has 116 valence electrons. The van der Waals surface area contributed by atoms with Crippen molar-refractivity contribution in [2.75, 3.05) is 25.5 Å². The van der Waals surface area contributed by atoms with Crippen molar-refractivity contribution in [1.29, 1.82) is 0 Å². The number of benzene rings is 1. The van der Waals surface area contributed by atoms with Crippen LogP contribution in [0.5, 0.6) is 5.75 Å². The first kappa shape index (κ1) is 14.2. The van der Waals surface area contributed by atoms with Gasteiger partial charge in [0.2, 0.25) is 0 Å². The van der Waals surface area contributed by atoms with Crippen LogP contribution in [0.4, 0.5) is 10.5 Å². The van der Waals surface area contributed by atoms with Crippen molar-refractivity contribution in [2.24, 2.45) is 0 Å². The number of fused-ring (bicyclic) bond motifs is 3. The Labute approximate surface area is 127 Å². The highest BCUT2D eigenvalue weighted by molar-refractivity contribution is 5.72. The fourth-order valence-electron chi connectivity index (χ4n) is 3.54. The molecule has 0 bridgehead atoms. The summed E-state index contributed by atoms with van der Waals surface area (Å²) in [6.07, 6.45) is 1.19. The third kappa shape index (κ3) is 2.46. The van der Waals surface area contributed by atoms with Crippen molar-refractivity contribution >= 4 is 11.8 Å². The fourth-order valence-corrected chi connectivity index (χ4v) is 3.54. The van der Waals surface area contributed by atoms with E-state index in [1.807, 2.05) is 26.0 Å². The summed E-state index contributed by atoms with van der Waals surface area (Å²) in [6, 6.07) is 6.02. The maximum absolute atomic E-state index is 11.7. The van der Waals surface area contributed by atoms with Gasteiger partial charge in [0.05, 0.1) is 6.17 Å². The number of rotatable bonds is 2. The average molecular weight is 291 g/mol. The number of ether oxygens (including phenoxy) is 1. The van der Waals surface area contributed by atoms with Crippen LogP contribution in [0.15, 0.2) is 18.2 Å². The van der Waals surface area contributed by atoms with E-state index in [-0.39, 0.29) is 7.47 Å². The second-order valence-corrected chi connectivity index (χ2v) is 6.31. The molecule has 0 saturated carbocycles. The van der Waals surface area contributed by atoms with Gasteiger partial charge < -0.3 is 15.0 Å². The number of nitrogens with one attached hydrogen (secondary N) is 1. The summed E-state index contributed by atoms with van der Waals surface area (Å²) in [7, 11) is 4.30. The van der Waals surface area contributed by atoms with Gasteiger partial charge in [-0.15, -0.1) is 0 Å². The van der Waals surface area contributed by atoms with Crippen LogP contribution < -0.4 is 15.0 Å². The van der Waals surface area contributed by atoms with Crippen molar-refractivity contribution in [3.05, 3.63) is 23.8 Å². The van der Waals surface area contributed by atoms with Crippen LogP contribution in [0, 0.1) is 0 Å². The first-order chi connectivity index (χ1) is 9.97. The molecule has 1 N–H and O–H groups in total. The van der Waals surface area contributed by atoms with Crippen LogP contribution in [0.3, 0.4) is 0 Å². The Morgan fingerprint density at radius 2 is 2.19 bits per heavy atom. The van der Waals surface area contributed by atoms with Gasteiger partial charge in [0, 0.05) is 32.7 Å². The predicted octanol–water partition coefficient (Wildman–Crippen LogP) is 2.62. The molecule has 1 amide bonds. The highest BCUT2D eigenvalue weighted by Crippen LogP contribution is 2.47. The molecule has 2 aliphatic rings. The Bertz CT molecular complexity index is 564. The molecule has 21 heavy (non-hydrogen) atoms. The van der Waals surface area contributed by atoms with Crippen LogP contribution in [0.2, 0.25) is 0 Å². The van der Waals surface area contributed by atoms with Gasteiger partial charge in [0.15, 0.2) is 0 Å². The van der Waals surface area contributed by atoms with Crippen molar-refractivity contribution < 1.29 is 11.0 Å². The summed E-state index contributed by atoms with van der Waals surface area (Å²) in [6.45, 7) is 4.94. The Hall–Kier alpha value is -1.75. The van der Waals surface area contributed by atoms with Gasteiger partial charge in [-0.25, -0.2) is 4.79 Å². The van der Waals surface area contributed by atoms with Gasteiger partial charge in [-0.05, 0) is 51.1 Å². The van der Waals surface area contributed by atoms with Crippen LogP contribution in [0.25, 0.3) is 0 Å². The van der Waals surface area contributed by atoms with E-state index in [2.05, 4.69) is 35.3 Å². The third-order valence-corrected chi connectivity index (χ3v) is 4.40. The fraction of sp³-hybridized carbons (Fsp3) is 0.562. The number of hydrogen-bond donors (Lipinski definition) is 1. The standard InChI is InChI=1S/C16H23N3O2.H2/c1-10(2)17-16(20)21-11-5-6-14-13(9-11)12-7-8-18(3)15(12)19(14)4;/h5-6,9-10,12,15H,7-8H2,1-4H3,(H,17,20);1H. The summed E-state index contributed by atoms with van der Waals surface area (Å²) in [5.74, 6) is 1.13. The summed E-state index contributed by atoms with van der Waals surface area (Å²) >= 11 is 0. The summed E-state index contributed by atoms with van der Waals surface area (Å²) in [5, 5.41) is 2.74. The number of likely N-dealkylation sites (tertiary alicyclic amines) is 1. The van der Waals surface area contributed by atoms with Gasteiger partial charge in [-0.3, -0.25) is 4.90 Å². The van der Waals surface area contributed by atoms with E-state index in [9.17, 15) is 4.79 Å². The second kappa shape index (κ2) is 5.22. The number of likely N-dealkylation sites (N-methyl/N-ethyl adjacent to an activating group) is 2. The molecule has 5 heteroatoms. The Morgan fingerprint density at radius 3 is 2.90 bits per heavy atom. The van der Waals surface area contributed by atoms with Crippen molar-refractivity contribution in [3.8, 4) is 5.75 Å². The van der Waals surface area contributed by atoms with Crippen molar-refractivity contribution in [3.63, 3.8) is 0 Å². The molecule has 0 aliphatic carbocycles. The maximum atomic E-state index is 11.7. The van der Waals surface area contributed by atoms with E-state index in [0.29, 0.717) is 17.8 Å². The average Bonchev–Trinajstić information content (AvgIpc) is 2.90. The maximum Gasteiger partial charge on any atom is 0.412 e. The first-order valence-corrected chi connectivity index (χ1v) is 7.52. The van der Waals surface area contributed by atoms with E-state index in [1.165, 1.54) is 11.3 Å². The van der Waals surface area contributed by atoms with E-state index in [4.69, 9.17) is 4.74 Å². The first-order valence-electron chi connectivity index (χ1n) is 7.52. The quantitative estimate of drug-likeness (QED) is 0.910. The topological polar surface area (TPSA) is 44.8 Å². The van der Waals surface area contributed by atoms with Crippen LogP contribution in [-0.4, -0.2) is 43.8 Å². The summed E-state index contributed by atoms with van der Waals surface area (Å²) in [4.78, 5) is 16.4.